The lowest BCUT2D eigenvalue weighted by atomic mass is 10.0. The quantitative estimate of drug-likeness (QED) is 0.378. The highest BCUT2D eigenvalue weighted by molar-refractivity contribution is 6.02. The fourth-order valence-corrected chi connectivity index (χ4v) is 2.79. The normalized spacial score (nSPS) is 18.1. The standard InChI is InChI=1S/C16H26N4O/c1-12-5-6-13(15(17)18-21)14(11-12)19-7-9-20(10-8-19)16(2,3)4/h5-6,11,21H,7-10H2,1-4H3,(H2,17,18). The number of piperazine rings is 1. The van der Waals surface area contributed by atoms with Crippen molar-refractivity contribution in [2.24, 2.45) is 10.9 Å². The minimum atomic E-state index is 0.170. The van der Waals surface area contributed by atoms with E-state index in [1.807, 2.05) is 12.1 Å². The van der Waals surface area contributed by atoms with Crippen molar-refractivity contribution in [2.45, 2.75) is 33.2 Å². The molecule has 0 aliphatic carbocycles. The van der Waals surface area contributed by atoms with Crippen LogP contribution in [0.25, 0.3) is 0 Å². The van der Waals surface area contributed by atoms with E-state index in [9.17, 15) is 0 Å². The molecule has 2 rings (SSSR count). The Balaban J connectivity index is 2.22. The van der Waals surface area contributed by atoms with Gasteiger partial charge in [0.05, 0.1) is 0 Å². The Bertz CT molecular complexity index is 526. The first-order chi connectivity index (χ1) is 9.82. The van der Waals surface area contributed by atoms with Gasteiger partial charge in [-0.25, -0.2) is 0 Å². The first kappa shape index (κ1) is 15.6. The van der Waals surface area contributed by atoms with Crippen LogP contribution in [0.5, 0.6) is 0 Å². The summed E-state index contributed by atoms with van der Waals surface area (Å²) < 4.78 is 0. The van der Waals surface area contributed by atoms with Crippen LogP contribution in [0.2, 0.25) is 0 Å². The Morgan fingerprint density at radius 2 is 1.81 bits per heavy atom. The van der Waals surface area contributed by atoms with Crippen LogP contribution in [-0.4, -0.2) is 47.7 Å². The molecule has 116 valence electrons. The molecule has 0 spiro atoms. The highest BCUT2D eigenvalue weighted by Crippen LogP contribution is 2.25. The second kappa shape index (κ2) is 5.93. The van der Waals surface area contributed by atoms with Crippen molar-refractivity contribution in [1.29, 1.82) is 0 Å². The number of amidine groups is 1. The Morgan fingerprint density at radius 3 is 2.33 bits per heavy atom. The van der Waals surface area contributed by atoms with Crippen molar-refractivity contribution in [2.75, 3.05) is 31.1 Å². The van der Waals surface area contributed by atoms with Gasteiger partial charge in [-0.3, -0.25) is 4.90 Å². The van der Waals surface area contributed by atoms with E-state index < -0.39 is 0 Å². The molecule has 5 nitrogen and oxygen atoms in total. The Hall–Kier alpha value is -1.75. The van der Waals surface area contributed by atoms with Crippen molar-refractivity contribution < 1.29 is 5.21 Å². The third-order valence-electron chi connectivity index (χ3n) is 4.11. The zero-order valence-electron chi connectivity index (χ0n) is 13.4. The van der Waals surface area contributed by atoms with Gasteiger partial charge in [-0.15, -0.1) is 0 Å². The molecule has 3 N–H and O–H groups in total. The number of oxime groups is 1. The third kappa shape index (κ3) is 3.47. The van der Waals surface area contributed by atoms with Gasteiger partial charge in [-0.2, -0.15) is 0 Å². The van der Waals surface area contributed by atoms with Crippen LogP contribution in [-0.2, 0) is 0 Å². The molecule has 1 aromatic rings. The molecule has 1 fully saturated rings. The second-order valence-corrected chi connectivity index (χ2v) is 6.65. The number of aryl methyl sites for hydroxylation is 1. The summed E-state index contributed by atoms with van der Waals surface area (Å²) in [5.74, 6) is 0.170. The Kier molecular flexibility index (Phi) is 4.42. The number of anilines is 1. The lowest BCUT2D eigenvalue weighted by Gasteiger charge is -2.43. The van der Waals surface area contributed by atoms with Crippen molar-refractivity contribution in [3.05, 3.63) is 29.3 Å². The largest absolute Gasteiger partial charge is 0.409 e. The fraction of sp³-hybridized carbons (Fsp3) is 0.562. The summed E-state index contributed by atoms with van der Waals surface area (Å²) in [6.45, 7) is 12.7. The van der Waals surface area contributed by atoms with Crippen molar-refractivity contribution in [3.8, 4) is 0 Å². The van der Waals surface area contributed by atoms with Crippen LogP contribution >= 0.6 is 0 Å². The smallest absolute Gasteiger partial charge is 0.172 e. The maximum Gasteiger partial charge on any atom is 0.172 e. The van der Waals surface area contributed by atoms with Crippen molar-refractivity contribution >= 4 is 11.5 Å². The van der Waals surface area contributed by atoms with Gasteiger partial charge in [0.15, 0.2) is 5.84 Å². The molecule has 1 saturated heterocycles. The van der Waals surface area contributed by atoms with Gasteiger partial charge >= 0.3 is 0 Å². The van der Waals surface area contributed by atoms with Crippen molar-refractivity contribution in [3.63, 3.8) is 0 Å². The Labute approximate surface area is 127 Å². The molecule has 5 heteroatoms. The number of nitrogens with zero attached hydrogens (tertiary/aromatic N) is 3. The van der Waals surface area contributed by atoms with E-state index in [1.54, 1.807) is 0 Å². The summed E-state index contributed by atoms with van der Waals surface area (Å²) in [6, 6.07) is 6.03. The molecule has 0 saturated carbocycles. The summed E-state index contributed by atoms with van der Waals surface area (Å²) in [4.78, 5) is 4.81. The summed E-state index contributed by atoms with van der Waals surface area (Å²) >= 11 is 0. The molecule has 0 atom stereocenters. The van der Waals surface area contributed by atoms with Gasteiger partial charge < -0.3 is 15.8 Å². The molecule has 1 aliphatic rings. The van der Waals surface area contributed by atoms with E-state index in [4.69, 9.17) is 10.9 Å². The van der Waals surface area contributed by atoms with Crippen LogP contribution in [0.1, 0.15) is 31.9 Å². The highest BCUT2D eigenvalue weighted by Gasteiger charge is 2.27. The molecule has 1 aliphatic heterocycles. The molecule has 0 radical (unpaired) electrons. The third-order valence-corrected chi connectivity index (χ3v) is 4.11. The van der Waals surface area contributed by atoms with E-state index in [1.165, 1.54) is 5.56 Å². The Morgan fingerprint density at radius 1 is 1.19 bits per heavy atom. The van der Waals surface area contributed by atoms with E-state index in [2.05, 4.69) is 48.7 Å². The monoisotopic (exact) mass is 290 g/mol. The molecule has 0 bridgehead atoms. The van der Waals surface area contributed by atoms with Gasteiger partial charge in [-0.1, -0.05) is 11.2 Å². The number of hydrogen-bond acceptors (Lipinski definition) is 4. The molecular formula is C16H26N4O. The summed E-state index contributed by atoms with van der Waals surface area (Å²) in [6.07, 6.45) is 0. The number of nitrogens with two attached hydrogens (primary N) is 1. The van der Waals surface area contributed by atoms with Gasteiger partial charge in [-0.05, 0) is 45.4 Å². The van der Waals surface area contributed by atoms with Crippen LogP contribution in [0.4, 0.5) is 5.69 Å². The maximum absolute atomic E-state index is 8.97. The van der Waals surface area contributed by atoms with Gasteiger partial charge in [0.1, 0.15) is 0 Å². The first-order valence-corrected chi connectivity index (χ1v) is 7.41. The number of benzene rings is 1. The van der Waals surface area contributed by atoms with E-state index in [0.717, 1.165) is 37.4 Å². The van der Waals surface area contributed by atoms with E-state index in [0.29, 0.717) is 0 Å². The topological polar surface area (TPSA) is 65.1 Å². The summed E-state index contributed by atoms with van der Waals surface area (Å²) in [5.41, 5.74) is 9.04. The number of rotatable bonds is 2. The predicted molar refractivity (Wildman–Crippen MR) is 87.2 cm³/mol. The number of hydrogen-bond donors (Lipinski definition) is 2. The van der Waals surface area contributed by atoms with Crippen LogP contribution in [0.15, 0.2) is 23.4 Å². The zero-order chi connectivity index (χ0) is 15.6. The summed E-state index contributed by atoms with van der Waals surface area (Å²) in [7, 11) is 0. The van der Waals surface area contributed by atoms with Crippen LogP contribution in [0, 0.1) is 6.92 Å². The van der Waals surface area contributed by atoms with Gasteiger partial charge in [0, 0.05) is 43.0 Å². The average Bonchev–Trinajstić information content (AvgIpc) is 2.45. The molecule has 0 unspecified atom stereocenters. The predicted octanol–water partition coefficient (Wildman–Crippen LogP) is 2.01. The SMILES string of the molecule is Cc1ccc(C(N)=NO)c(N2CCN(C(C)(C)C)CC2)c1. The second-order valence-electron chi connectivity index (χ2n) is 6.65. The lowest BCUT2D eigenvalue weighted by Crippen LogP contribution is -2.53. The average molecular weight is 290 g/mol. The van der Waals surface area contributed by atoms with Crippen LogP contribution < -0.4 is 10.6 Å². The van der Waals surface area contributed by atoms with Crippen LogP contribution in [0.3, 0.4) is 0 Å². The maximum atomic E-state index is 8.97. The minimum absolute atomic E-state index is 0.170. The van der Waals surface area contributed by atoms with E-state index >= 15 is 0 Å². The molecule has 1 heterocycles. The zero-order valence-corrected chi connectivity index (χ0v) is 13.4. The van der Waals surface area contributed by atoms with E-state index in [-0.39, 0.29) is 11.4 Å². The fourth-order valence-electron chi connectivity index (χ4n) is 2.79. The van der Waals surface area contributed by atoms with Crippen molar-refractivity contribution in [1.82, 2.24) is 4.90 Å². The highest BCUT2D eigenvalue weighted by atomic mass is 16.4. The molecule has 0 amide bonds. The lowest BCUT2D eigenvalue weighted by molar-refractivity contribution is 0.128. The summed E-state index contributed by atoms with van der Waals surface area (Å²) in [5, 5.41) is 12.1. The minimum Gasteiger partial charge on any atom is -0.409 e. The van der Waals surface area contributed by atoms with Gasteiger partial charge in [0.2, 0.25) is 0 Å². The molecule has 21 heavy (non-hydrogen) atoms. The molecular weight excluding hydrogens is 264 g/mol. The van der Waals surface area contributed by atoms with Gasteiger partial charge in [0.25, 0.3) is 0 Å². The molecule has 1 aromatic carbocycles. The first-order valence-electron chi connectivity index (χ1n) is 7.41. The molecule has 0 aromatic heterocycles.